The first-order chi connectivity index (χ1) is 6.25. The molecule has 0 aliphatic carbocycles. The summed E-state index contributed by atoms with van der Waals surface area (Å²) in [5.41, 5.74) is 0.731. The van der Waals surface area contributed by atoms with Gasteiger partial charge in [-0.25, -0.2) is 6.57 Å². The highest BCUT2D eigenvalue weighted by molar-refractivity contribution is 5.40. The van der Waals surface area contributed by atoms with Gasteiger partial charge in [-0.1, -0.05) is 18.2 Å². The van der Waals surface area contributed by atoms with Gasteiger partial charge in [0.15, 0.2) is 0 Å². The zero-order chi connectivity index (χ0) is 9.68. The fraction of sp³-hybridized carbons (Fsp3) is 0.222. The zero-order valence-electron chi connectivity index (χ0n) is 6.93. The molecule has 66 valence electrons. The molecule has 0 unspecified atom stereocenters. The SMILES string of the molecule is [C-]#[N+]CCc1ccccc1[N+](=O)[O-]. The van der Waals surface area contributed by atoms with Gasteiger partial charge >= 0.3 is 0 Å². The van der Waals surface area contributed by atoms with E-state index in [1.165, 1.54) is 6.07 Å². The number of nitro benzene ring substituents is 1. The minimum absolute atomic E-state index is 0.103. The molecular formula is C9H8N2O2. The van der Waals surface area contributed by atoms with Crippen LogP contribution in [0.4, 0.5) is 5.69 Å². The Morgan fingerprint density at radius 3 is 2.77 bits per heavy atom. The first kappa shape index (κ1) is 9.20. The normalized spacial score (nSPS) is 9.15. The molecule has 4 nitrogen and oxygen atoms in total. The molecule has 0 amide bonds. The first-order valence-corrected chi connectivity index (χ1v) is 3.81. The van der Waals surface area contributed by atoms with E-state index < -0.39 is 4.92 Å². The second-order valence-corrected chi connectivity index (χ2v) is 2.52. The monoisotopic (exact) mass is 176 g/mol. The van der Waals surface area contributed by atoms with E-state index in [0.717, 1.165) is 0 Å². The molecule has 0 N–H and O–H groups in total. The lowest BCUT2D eigenvalue weighted by molar-refractivity contribution is -0.385. The summed E-state index contributed by atoms with van der Waals surface area (Å²) in [5.74, 6) is 0. The third kappa shape index (κ3) is 2.27. The van der Waals surface area contributed by atoms with Gasteiger partial charge in [0.2, 0.25) is 6.54 Å². The van der Waals surface area contributed by atoms with Crippen LogP contribution in [-0.4, -0.2) is 11.5 Å². The Hall–Kier alpha value is -1.89. The van der Waals surface area contributed by atoms with Gasteiger partial charge in [-0.3, -0.25) is 10.1 Å². The van der Waals surface area contributed by atoms with Gasteiger partial charge < -0.3 is 4.85 Å². The van der Waals surface area contributed by atoms with Crippen molar-refractivity contribution in [1.29, 1.82) is 0 Å². The van der Waals surface area contributed by atoms with Crippen LogP contribution in [0.5, 0.6) is 0 Å². The van der Waals surface area contributed by atoms with E-state index in [1.54, 1.807) is 18.2 Å². The smallest absolute Gasteiger partial charge is 0.272 e. The van der Waals surface area contributed by atoms with E-state index >= 15 is 0 Å². The van der Waals surface area contributed by atoms with Crippen LogP contribution in [-0.2, 0) is 6.42 Å². The Morgan fingerprint density at radius 1 is 1.46 bits per heavy atom. The average molecular weight is 176 g/mol. The quantitative estimate of drug-likeness (QED) is 0.402. The van der Waals surface area contributed by atoms with Crippen molar-refractivity contribution in [3.63, 3.8) is 0 Å². The van der Waals surface area contributed by atoms with Crippen LogP contribution >= 0.6 is 0 Å². The van der Waals surface area contributed by atoms with Gasteiger partial charge in [-0.05, 0) is 0 Å². The van der Waals surface area contributed by atoms with Crippen LogP contribution in [0.3, 0.4) is 0 Å². The van der Waals surface area contributed by atoms with E-state index in [2.05, 4.69) is 4.85 Å². The highest BCUT2D eigenvalue weighted by Gasteiger charge is 2.11. The summed E-state index contributed by atoms with van der Waals surface area (Å²) < 4.78 is 0. The van der Waals surface area contributed by atoms with Crippen molar-refractivity contribution in [3.8, 4) is 0 Å². The zero-order valence-corrected chi connectivity index (χ0v) is 6.93. The van der Waals surface area contributed by atoms with Crippen LogP contribution in [0.25, 0.3) is 4.85 Å². The lowest BCUT2D eigenvalue weighted by Crippen LogP contribution is -1.96. The molecular weight excluding hydrogens is 168 g/mol. The molecule has 0 heterocycles. The molecule has 0 aliphatic heterocycles. The van der Waals surface area contributed by atoms with Gasteiger partial charge in [0.25, 0.3) is 5.69 Å². The topological polar surface area (TPSA) is 47.5 Å². The van der Waals surface area contributed by atoms with Gasteiger partial charge in [-0.2, -0.15) is 0 Å². The van der Waals surface area contributed by atoms with E-state index in [1.807, 2.05) is 0 Å². The van der Waals surface area contributed by atoms with Crippen LogP contribution in [0.2, 0.25) is 0 Å². The lowest BCUT2D eigenvalue weighted by Gasteiger charge is -1.97. The number of rotatable bonds is 3. The molecule has 0 saturated heterocycles. The van der Waals surface area contributed by atoms with Crippen molar-refractivity contribution in [2.24, 2.45) is 0 Å². The van der Waals surface area contributed by atoms with Crippen molar-refractivity contribution in [2.45, 2.75) is 6.42 Å². The third-order valence-corrected chi connectivity index (χ3v) is 1.68. The molecule has 0 fully saturated rings. The van der Waals surface area contributed by atoms with Crippen molar-refractivity contribution in [2.75, 3.05) is 6.54 Å². The molecule has 1 aromatic rings. The van der Waals surface area contributed by atoms with Crippen molar-refractivity contribution < 1.29 is 4.92 Å². The maximum atomic E-state index is 10.5. The number of nitrogens with zero attached hydrogens (tertiary/aromatic N) is 2. The molecule has 1 aromatic carbocycles. The molecule has 0 radical (unpaired) electrons. The number of hydrogen-bond donors (Lipinski definition) is 0. The Labute approximate surface area is 75.8 Å². The van der Waals surface area contributed by atoms with Crippen molar-refractivity contribution in [3.05, 3.63) is 51.4 Å². The summed E-state index contributed by atoms with van der Waals surface area (Å²) in [5, 5.41) is 10.5. The Kier molecular flexibility index (Phi) is 2.98. The van der Waals surface area contributed by atoms with Gasteiger partial charge in [0, 0.05) is 11.6 Å². The highest BCUT2D eigenvalue weighted by Crippen LogP contribution is 2.17. The van der Waals surface area contributed by atoms with Crippen molar-refractivity contribution in [1.82, 2.24) is 0 Å². The summed E-state index contributed by atoms with van der Waals surface area (Å²) in [7, 11) is 0. The summed E-state index contributed by atoms with van der Waals surface area (Å²) in [6.07, 6.45) is 0.445. The second-order valence-electron chi connectivity index (χ2n) is 2.52. The number of hydrogen-bond acceptors (Lipinski definition) is 2. The predicted molar refractivity (Wildman–Crippen MR) is 48.3 cm³/mol. The number of para-hydroxylation sites is 1. The summed E-state index contributed by atoms with van der Waals surface area (Å²) in [6, 6.07) is 6.51. The van der Waals surface area contributed by atoms with Crippen LogP contribution in [0, 0.1) is 16.7 Å². The fourth-order valence-electron chi connectivity index (χ4n) is 1.08. The minimum atomic E-state index is -0.417. The van der Waals surface area contributed by atoms with Crippen LogP contribution < -0.4 is 0 Å². The van der Waals surface area contributed by atoms with Gasteiger partial charge in [0.1, 0.15) is 0 Å². The second kappa shape index (κ2) is 4.21. The summed E-state index contributed by atoms with van der Waals surface area (Å²) in [6.45, 7) is 6.88. The maximum absolute atomic E-state index is 10.5. The summed E-state index contributed by atoms with van der Waals surface area (Å²) >= 11 is 0. The van der Waals surface area contributed by atoms with Crippen LogP contribution in [0.1, 0.15) is 5.56 Å². The standard InChI is InChI=1S/C9H8N2O2/c1-10-7-6-8-4-2-3-5-9(8)11(12)13/h2-5H,6-7H2. The van der Waals surface area contributed by atoms with Crippen LogP contribution in [0.15, 0.2) is 24.3 Å². The Bertz CT molecular complexity index is 355. The van der Waals surface area contributed by atoms with E-state index in [-0.39, 0.29) is 5.69 Å². The molecule has 4 heteroatoms. The molecule has 13 heavy (non-hydrogen) atoms. The van der Waals surface area contributed by atoms with Gasteiger partial charge in [-0.15, -0.1) is 0 Å². The highest BCUT2D eigenvalue weighted by atomic mass is 16.6. The first-order valence-electron chi connectivity index (χ1n) is 3.81. The summed E-state index contributed by atoms with van der Waals surface area (Å²) in [4.78, 5) is 13.3. The molecule has 1 rings (SSSR count). The molecule has 0 bridgehead atoms. The van der Waals surface area contributed by atoms with E-state index in [0.29, 0.717) is 18.5 Å². The maximum Gasteiger partial charge on any atom is 0.272 e. The predicted octanol–water partition coefficient (Wildman–Crippen LogP) is 2.06. The molecule has 0 aliphatic rings. The van der Waals surface area contributed by atoms with E-state index in [4.69, 9.17) is 6.57 Å². The Morgan fingerprint density at radius 2 is 2.15 bits per heavy atom. The molecule has 0 atom stereocenters. The minimum Gasteiger partial charge on any atom is -0.317 e. The van der Waals surface area contributed by atoms with Crippen molar-refractivity contribution >= 4 is 5.69 Å². The molecule has 0 aromatic heterocycles. The number of benzene rings is 1. The molecule has 0 saturated carbocycles. The largest absolute Gasteiger partial charge is 0.317 e. The third-order valence-electron chi connectivity index (χ3n) is 1.68. The van der Waals surface area contributed by atoms with E-state index in [9.17, 15) is 10.1 Å². The molecule has 0 spiro atoms. The average Bonchev–Trinajstić information content (AvgIpc) is 2.15. The lowest BCUT2D eigenvalue weighted by atomic mass is 10.1. The fourth-order valence-corrected chi connectivity index (χ4v) is 1.08. The number of nitro groups is 1. The Balaban J connectivity index is 2.92. The van der Waals surface area contributed by atoms with Gasteiger partial charge in [0.05, 0.1) is 11.3 Å².